The van der Waals surface area contributed by atoms with Gasteiger partial charge in [-0.2, -0.15) is 0 Å². The van der Waals surface area contributed by atoms with E-state index >= 15 is 0 Å². The number of aliphatic hydroxyl groups is 1. The smallest absolute Gasteiger partial charge is 0.349 e. The Hall–Kier alpha value is -2.93. The van der Waals surface area contributed by atoms with E-state index in [1.807, 2.05) is 16.7 Å². The summed E-state index contributed by atoms with van der Waals surface area (Å²) in [5, 5.41) is 11.8. The Labute approximate surface area is 162 Å². The number of nitrogens with zero attached hydrogens (tertiary/aromatic N) is 2. The molecule has 28 heavy (non-hydrogen) atoms. The number of amides is 1. The van der Waals surface area contributed by atoms with Crippen LogP contribution < -0.4 is 10.9 Å². The van der Waals surface area contributed by atoms with Crippen molar-refractivity contribution in [2.45, 2.75) is 45.1 Å². The summed E-state index contributed by atoms with van der Waals surface area (Å²) in [5.41, 5.74) is 2.30. The molecule has 4 rings (SSSR count). The van der Waals surface area contributed by atoms with Gasteiger partial charge in [0.25, 0.3) is 5.91 Å². The molecule has 1 aliphatic carbocycles. The molecule has 1 saturated carbocycles. The topological polar surface area (TPSA) is 97.4 Å². The highest BCUT2D eigenvalue weighted by Crippen LogP contribution is 2.36. The van der Waals surface area contributed by atoms with Crippen LogP contribution in [0.1, 0.15) is 53.3 Å². The summed E-state index contributed by atoms with van der Waals surface area (Å²) in [7, 11) is 0. The van der Waals surface area contributed by atoms with Crippen LogP contribution in [0.4, 0.5) is 5.69 Å². The SMILES string of the molecule is Cc1cc(C2CCC2)oc(=O)c1C(=O)Nc1ccc2c(c1)ncn2CCCO. The molecular formula is C21H23N3O4. The van der Waals surface area contributed by atoms with Gasteiger partial charge in [0.1, 0.15) is 11.3 Å². The molecule has 2 heterocycles. The predicted molar refractivity (Wildman–Crippen MR) is 106 cm³/mol. The molecule has 0 atom stereocenters. The van der Waals surface area contributed by atoms with Crippen molar-refractivity contribution in [2.75, 3.05) is 11.9 Å². The fraction of sp³-hybridized carbons (Fsp3) is 0.381. The van der Waals surface area contributed by atoms with E-state index in [1.165, 1.54) is 0 Å². The molecule has 2 N–H and O–H groups in total. The van der Waals surface area contributed by atoms with Gasteiger partial charge >= 0.3 is 5.63 Å². The van der Waals surface area contributed by atoms with Crippen LogP contribution in [-0.4, -0.2) is 27.2 Å². The van der Waals surface area contributed by atoms with Crippen LogP contribution in [0.3, 0.4) is 0 Å². The van der Waals surface area contributed by atoms with Gasteiger partial charge in [-0.1, -0.05) is 6.42 Å². The van der Waals surface area contributed by atoms with Gasteiger partial charge in [0, 0.05) is 24.8 Å². The Bertz CT molecular complexity index is 1080. The Morgan fingerprint density at radius 1 is 1.36 bits per heavy atom. The number of hydrogen-bond acceptors (Lipinski definition) is 5. The zero-order valence-corrected chi connectivity index (χ0v) is 15.8. The zero-order valence-electron chi connectivity index (χ0n) is 15.8. The zero-order chi connectivity index (χ0) is 19.7. The summed E-state index contributed by atoms with van der Waals surface area (Å²) in [6.07, 6.45) is 5.56. The molecule has 0 aliphatic heterocycles. The molecule has 1 amide bonds. The van der Waals surface area contributed by atoms with Crippen LogP contribution in [0, 0.1) is 6.92 Å². The summed E-state index contributed by atoms with van der Waals surface area (Å²) in [4.78, 5) is 29.4. The number of carbonyl (C=O) groups excluding carboxylic acids is 1. The van der Waals surface area contributed by atoms with E-state index in [1.54, 1.807) is 25.4 Å². The Kier molecular flexibility index (Phi) is 5.00. The first-order valence-electron chi connectivity index (χ1n) is 9.58. The fourth-order valence-electron chi connectivity index (χ4n) is 3.55. The predicted octanol–water partition coefficient (Wildman–Crippen LogP) is 3.20. The summed E-state index contributed by atoms with van der Waals surface area (Å²) in [6, 6.07) is 7.22. The maximum absolute atomic E-state index is 12.7. The normalized spacial score (nSPS) is 14.2. The van der Waals surface area contributed by atoms with Crippen molar-refractivity contribution >= 4 is 22.6 Å². The second-order valence-electron chi connectivity index (χ2n) is 7.29. The Morgan fingerprint density at radius 2 is 2.18 bits per heavy atom. The van der Waals surface area contributed by atoms with E-state index in [-0.39, 0.29) is 12.2 Å². The average Bonchev–Trinajstić information content (AvgIpc) is 3.00. The molecule has 3 aromatic rings. The van der Waals surface area contributed by atoms with Crippen LogP contribution >= 0.6 is 0 Å². The van der Waals surface area contributed by atoms with Gasteiger partial charge in [0.15, 0.2) is 0 Å². The third kappa shape index (κ3) is 3.45. The number of fused-ring (bicyclic) bond motifs is 1. The summed E-state index contributed by atoms with van der Waals surface area (Å²) in [5.74, 6) is 0.498. The molecule has 7 heteroatoms. The third-order valence-corrected chi connectivity index (χ3v) is 5.34. The number of anilines is 1. The highest BCUT2D eigenvalue weighted by Gasteiger charge is 2.25. The molecule has 7 nitrogen and oxygen atoms in total. The van der Waals surface area contributed by atoms with Crippen LogP contribution in [0.25, 0.3) is 11.0 Å². The molecule has 0 saturated heterocycles. The van der Waals surface area contributed by atoms with Crippen molar-refractivity contribution in [2.24, 2.45) is 0 Å². The molecule has 146 valence electrons. The van der Waals surface area contributed by atoms with Crippen molar-refractivity contribution in [3.63, 3.8) is 0 Å². The number of aromatic nitrogens is 2. The lowest BCUT2D eigenvalue weighted by atomic mass is 9.83. The average molecular weight is 381 g/mol. The van der Waals surface area contributed by atoms with Crippen molar-refractivity contribution in [1.82, 2.24) is 9.55 Å². The number of hydrogen-bond donors (Lipinski definition) is 2. The third-order valence-electron chi connectivity index (χ3n) is 5.34. The second kappa shape index (κ2) is 7.59. The highest BCUT2D eigenvalue weighted by atomic mass is 16.4. The number of imidazole rings is 1. The first kappa shape index (κ1) is 18.4. The molecule has 0 bridgehead atoms. The number of rotatable bonds is 6. The van der Waals surface area contributed by atoms with E-state index in [2.05, 4.69) is 10.3 Å². The monoisotopic (exact) mass is 381 g/mol. The van der Waals surface area contributed by atoms with Gasteiger partial charge in [-0.25, -0.2) is 9.78 Å². The van der Waals surface area contributed by atoms with Gasteiger partial charge in [0.05, 0.1) is 17.4 Å². The molecule has 0 radical (unpaired) electrons. The molecule has 1 aromatic carbocycles. The van der Waals surface area contributed by atoms with Crippen LogP contribution in [0.15, 0.2) is 39.8 Å². The maximum atomic E-state index is 12.7. The molecule has 0 spiro atoms. The Balaban J connectivity index is 1.55. The van der Waals surface area contributed by atoms with Gasteiger partial charge in [-0.3, -0.25) is 4.79 Å². The van der Waals surface area contributed by atoms with Crippen molar-refractivity contribution in [3.05, 3.63) is 57.9 Å². The molecular weight excluding hydrogens is 358 g/mol. The van der Waals surface area contributed by atoms with Crippen LogP contribution in [0.2, 0.25) is 0 Å². The number of aliphatic hydroxyl groups excluding tert-OH is 1. The van der Waals surface area contributed by atoms with Gasteiger partial charge in [-0.15, -0.1) is 0 Å². The Morgan fingerprint density at radius 3 is 2.86 bits per heavy atom. The minimum atomic E-state index is -0.589. The maximum Gasteiger partial charge on any atom is 0.349 e. The first-order chi connectivity index (χ1) is 13.6. The van der Waals surface area contributed by atoms with E-state index in [4.69, 9.17) is 9.52 Å². The number of nitrogens with one attached hydrogen (secondary N) is 1. The largest absolute Gasteiger partial charge is 0.427 e. The van der Waals surface area contributed by atoms with Gasteiger partial charge in [0.2, 0.25) is 0 Å². The molecule has 1 aliphatic rings. The van der Waals surface area contributed by atoms with Crippen molar-refractivity contribution < 1.29 is 14.3 Å². The van der Waals surface area contributed by atoms with Crippen LogP contribution in [0.5, 0.6) is 0 Å². The van der Waals surface area contributed by atoms with Crippen LogP contribution in [-0.2, 0) is 6.54 Å². The summed E-state index contributed by atoms with van der Waals surface area (Å²) < 4.78 is 7.36. The van der Waals surface area contributed by atoms with E-state index in [0.29, 0.717) is 35.9 Å². The second-order valence-corrected chi connectivity index (χ2v) is 7.29. The first-order valence-corrected chi connectivity index (χ1v) is 9.58. The molecule has 2 aromatic heterocycles. The lowest BCUT2D eigenvalue weighted by Gasteiger charge is -2.24. The summed E-state index contributed by atoms with van der Waals surface area (Å²) in [6.45, 7) is 2.56. The van der Waals surface area contributed by atoms with Gasteiger partial charge < -0.3 is 19.4 Å². The lowest BCUT2D eigenvalue weighted by Crippen LogP contribution is -2.24. The van der Waals surface area contributed by atoms with Crippen molar-refractivity contribution in [3.8, 4) is 0 Å². The van der Waals surface area contributed by atoms with Crippen molar-refractivity contribution in [1.29, 1.82) is 0 Å². The minimum Gasteiger partial charge on any atom is -0.427 e. The standard InChI is InChI=1S/C21H23N3O4/c1-13-10-18(14-4-2-5-14)28-21(27)19(13)20(26)23-15-6-7-17-16(11-15)22-12-24(17)8-3-9-25/h6-7,10-12,14,25H,2-5,8-9H2,1H3,(H,23,26). The van der Waals surface area contributed by atoms with E-state index in [0.717, 1.165) is 30.3 Å². The van der Waals surface area contributed by atoms with Gasteiger partial charge in [-0.05, 0) is 56.0 Å². The fourth-order valence-corrected chi connectivity index (χ4v) is 3.55. The lowest BCUT2D eigenvalue weighted by molar-refractivity contribution is 0.102. The van der Waals surface area contributed by atoms with E-state index < -0.39 is 11.5 Å². The molecule has 1 fully saturated rings. The number of benzene rings is 1. The minimum absolute atomic E-state index is 0.0386. The summed E-state index contributed by atoms with van der Waals surface area (Å²) >= 11 is 0. The number of carbonyl (C=O) groups is 1. The molecule has 0 unspecified atom stereocenters. The highest BCUT2D eigenvalue weighted by molar-refractivity contribution is 6.05. The number of aryl methyl sites for hydroxylation is 2. The quantitative estimate of drug-likeness (QED) is 0.683. The van der Waals surface area contributed by atoms with E-state index in [9.17, 15) is 9.59 Å².